The van der Waals surface area contributed by atoms with E-state index in [1.165, 1.54) is 19.2 Å². The van der Waals surface area contributed by atoms with Crippen LogP contribution in [0.3, 0.4) is 0 Å². The number of benzene rings is 3. The maximum absolute atomic E-state index is 14.2. The Bertz CT molecular complexity index is 821. The molecule has 0 radical (unpaired) electrons. The molecule has 0 N–H and O–H groups in total. The lowest BCUT2D eigenvalue weighted by Crippen LogP contribution is -1.93. The number of rotatable bonds is 3. The highest BCUT2D eigenvalue weighted by atomic mass is 19.1. The van der Waals surface area contributed by atoms with Gasteiger partial charge >= 0.3 is 0 Å². The zero-order valence-electron chi connectivity index (χ0n) is 12.2. The molecule has 0 unspecified atom stereocenters. The molecule has 112 valence electrons. The molecule has 0 aliphatic rings. The minimum atomic E-state index is -0.648. The summed E-state index contributed by atoms with van der Waals surface area (Å²) in [5, 5.41) is 1.82. The fraction of sp³-hybridized carbons (Fsp3) is 0.111. The molecular weight excluding hydrogens is 286 g/mol. The van der Waals surface area contributed by atoms with Crippen LogP contribution in [0.5, 0.6) is 11.5 Å². The molecule has 0 aliphatic carbocycles. The van der Waals surface area contributed by atoms with Crippen molar-refractivity contribution >= 4 is 10.8 Å². The summed E-state index contributed by atoms with van der Waals surface area (Å²) in [6, 6.07) is 13.2. The maximum atomic E-state index is 14.2. The number of halogens is 2. The molecule has 0 saturated heterocycles. The Kier molecular flexibility index (Phi) is 3.67. The third-order valence-electron chi connectivity index (χ3n) is 3.59. The summed E-state index contributed by atoms with van der Waals surface area (Å²) in [5.41, 5.74) is 0.425. The first-order valence-electron chi connectivity index (χ1n) is 6.73. The van der Waals surface area contributed by atoms with E-state index in [9.17, 15) is 8.78 Å². The SMILES string of the molecule is COc1cc(F)c(-c2ccc3cc(OC)ccc3c2)c(F)c1. The van der Waals surface area contributed by atoms with Crippen molar-refractivity contribution in [3.63, 3.8) is 0 Å². The van der Waals surface area contributed by atoms with Crippen LogP contribution < -0.4 is 9.47 Å². The number of hydrogen-bond acceptors (Lipinski definition) is 2. The fourth-order valence-corrected chi connectivity index (χ4v) is 2.45. The first-order valence-corrected chi connectivity index (χ1v) is 6.73. The average molecular weight is 300 g/mol. The van der Waals surface area contributed by atoms with Gasteiger partial charge in [0.2, 0.25) is 0 Å². The van der Waals surface area contributed by atoms with Crippen LogP contribution in [0.1, 0.15) is 0 Å². The third kappa shape index (κ3) is 2.48. The van der Waals surface area contributed by atoms with Gasteiger partial charge in [0.25, 0.3) is 0 Å². The summed E-state index contributed by atoms with van der Waals surface area (Å²) in [7, 11) is 2.97. The van der Waals surface area contributed by atoms with Crippen molar-refractivity contribution in [3.05, 3.63) is 60.2 Å². The molecule has 0 bridgehead atoms. The highest BCUT2D eigenvalue weighted by Crippen LogP contribution is 2.32. The molecule has 22 heavy (non-hydrogen) atoms. The van der Waals surface area contributed by atoms with Crippen LogP contribution >= 0.6 is 0 Å². The van der Waals surface area contributed by atoms with E-state index in [1.54, 1.807) is 19.2 Å². The molecule has 0 spiro atoms. The molecular formula is C18H14F2O2. The smallest absolute Gasteiger partial charge is 0.137 e. The second-order valence-corrected chi connectivity index (χ2v) is 4.89. The normalized spacial score (nSPS) is 10.7. The van der Waals surface area contributed by atoms with E-state index in [1.807, 2.05) is 24.3 Å². The summed E-state index contributed by atoms with van der Waals surface area (Å²) in [6.45, 7) is 0. The first-order chi connectivity index (χ1) is 10.6. The Morgan fingerprint density at radius 1 is 0.682 bits per heavy atom. The molecule has 0 saturated carbocycles. The highest BCUT2D eigenvalue weighted by molar-refractivity contribution is 5.88. The van der Waals surface area contributed by atoms with E-state index in [0.29, 0.717) is 5.56 Å². The van der Waals surface area contributed by atoms with Crippen molar-refractivity contribution in [1.29, 1.82) is 0 Å². The summed E-state index contributed by atoms with van der Waals surface area (Å²) in [4.78, 5) is 0. The molecule has 0 aromatic heterocycles. The molecule has 0 atom stereocenters. The predicted molar refractivity (Wildman–Crippen MR) is 82.4 cm³/mol. The van der Waals surface area contributed by atoms with Gasteiger partial charge in [0.05, 0.1) is 19.8 Å². The van der Waals surface area contributed by atoms with Gasteiger partial charge in [0.15, 0.2) is 0 Å². The summed E-state index contributed by atoms with van der Waals surface area (Å²) < 4.78 is 38.4. The molecule has 0 amide bonds. The number of methoxy groups -OCH3 is 2. The second kappa shape index (κ2) is 5.64. The maximum Gasteiger partial charge on any atom is 0.137 e. The minimum Gasteiger partial charge on any atom is -0.497 e. The molecule has 3 aromatic carbocycles. The number of fused-ring (bicyclic) bond motifs is 1. The van der Waals surface area contributed by atoms with E-state index in [2.05, 4.69) is 0 Å². The monoisotopic (exact) mass is 300 g/mol. The van der Waals surface area contributed by atoms with Gasteiger partial charge in [-0.15, -0.1) is 0 Å². The second-order valence-electron chi connectivity index (χ2n) is 4.89. The van der Waals surface area contributed by atoms with Gasteiger partial charge in [0, 0.05) is 12.1 Å². The van der Waals surface area contributed by atoms with Crippen LogP contribution in [0.15, 0.2) is 48.5 Å². The molecule has 4 heteroatoms. The van der Waals surface area contributed by atoms with Crippen LogP contribution in [-0.4, -0.2) is 14.2 Å². The minimum absolute atomic E-state index is 0.0569. The summed E-state index contributed by atoms with van der Waals surface area (Å²) in [6.07, 6.45) is 0. The fourth-order valence-electron chi connectivity index (χ4n) is 2.45. The van der Waals surface area contributed by atoms with Crippen molar-refractivity contribution in [3.8, 4) is 22.6 Å². The van der Waals surface area contributed by atoms with Crippen molar-refractivity contribution in [1.82, 2.24) is 0 Å². The predicted octanol–water partition coefficient (Wildman–Crippen LogP) is 4.80. The van der Waals surface area contributed by atoms with Crippen molar-refractivity contribution in [2.75, 3.05) is 14.2 Å². The molecule has 3 rings (SSSR count). The van der Waals surface area contributed by atoms with Crippen LogP contribution in [-0.2, 0) is 0 Å². The summed E-state index contributed by atoms with van der Waals surface area (Å²) in [5.74, 6) is -0.402. The Morgan fingerprint density at radius 3 is 1.91 bits per heavy atom. The lowest BCUT2D eigenvalue weighted by atomic mass is 10.00. The van der Waals surface area contributed by atoms with Gasteiger partial charge < -0.3 is 9.47 Å². The summed E-state index contributed by atoms with van der Waals surface area (Å²) >= 11 is 0. The lowest BCUT2D eigenvalue weighted by Gasteiger charge is -2.09. The zero-order chi connectivity index (χ0) is 15.7. The van der Waals surface area contributed by atoms with Crippen molar-refractivity contribution in [2.45, 2.75) is 0 Å². The Balaban J connectivity index is 2.14. The van der Waals surface area contributed by atoms with E-state index in [4.69, 9.17) is 9.47 Å². The lowest BCUT2D eigenvalue weighted by molar-refractivity contribution is 0.407. The van der Waals surface area contributed by atoms with Crippen LogP contribution in [0.2, 0.25) is 0 Å². The van der Waals surface area contributed by atoms with E-state index < -0.39 is 11.6 Å². The van der Waals surface area contributed by atoms with E-state index in [-0.39, 0.29) is 11.3 Å². The largest absolute Gasteiger partial charge is 0.497 e. The van der Waals surface area contributed by atoms with Crippen molar-refractivity contribution < 1.29 is 18.3 Å². The Morgan fingerprint density at radius 2 is 1.27 bits per heavy atom. The molecule has 0 aliphatic heterocycles. The van der Waals surface area contributed by atoms with E-state index >= 15 is 0 Å². The molecule has 0 heterocycles. The van der Waals surface area contributed by atoms with Gasteiger partial charge in [-0.25, -0.2) is 8.78 Å². The topological polar surface area (TPSA) is 18.5 Å². The van der Waals surface area contributed by atoms with Gasteiger partial charge in [-0.1, -0.05) is 18.2 Å². The average Bonchev–Trinajstić information content (AvgIpc) is 2.53. The Hall–Kier alpha value is -2.62. The van der Waals surface area contributed by atoms with Crippen molar-refractivity contribution in [2.24, 2.45) is 0 Å². The standard InChI is InChI=1S/C18H14F2O2/c1-21-14-6-5-11-7-13(4-3-12(11)8-14)18-16(19)9-15(22-2)10-17(18)20/h3-10H,1-2H3. The zero-order valence-corrected chi connectivity index (χ0v) is 12.2. The van der Waals surface area contributed by atoms with Gasteiger partial charge in [-0.05, 0) is 34.5 Å². The van der Waals surface area contributed by atoms with Gasteiger partial charge in [-0.2, -0.15) is 0 Å². The van der Waals surface area contributed by atoms with E-state index in [0.717, 1.165) is 16.5 Å². The van der Waals surface area contributed by atoms with Crippen LogP contribution in [0.25, 0.3) is 21.9 Å². The third-order valence-corrected chi connectivity index (χ3v) is 3.59. The quantitative estimate of drug-likeness (QED) is 0.691. The molecule has 0 fully saturated rings. The molecule has 3 aromatic rings. The highest BCUT2D eigenvalue weighted by Gasteiger charge is 2.14. The van der Waals surface area contributed by atoms with Gasteiger partial charge in [-0.3, -0.25) is 0 Å². The molecule has 2 nitrogen and oxygen atoms in total. The number of ether oxygens (including phenoxy) is 2. The van der Waals surface area contributed by atoms with Crippen LogP contribution in [0.4, 0.5) is 8.78 Å². The Labute approximate surface area is 126 Å². The first kappa shape index (κ1) is 14.3. The van der Waals surface area contributed by atoms with Crippen LogP contribution in [0, 0.1) is 11.6 Å². The van der Waals surface area contributed by atoms with Gasteiger partial charge in [0.1, 0.15) is 23.1 Å². The number of hydrogen-bond donors (Lipinski definition) is 0.